The van der Waals surface area contributed by atoms with Gasteiger partial charge in [-0.25, -0.2) is 8.78 Å². The minimum absolute atomic E-state index is 0.135. The summed E-state index contributed by atoms with van der Waals surface area (Å²) in [5, 5.41) is 13.3. The summed E-state index contributed by atoms with van der Waals surface area (Å²) in [6.45, 7) is 3.13. The van der Waals surface area contributed by atoms with Gasteiger partial charge >= 0.3 is 0 Å². The smallest absolute Gasteiger partial charge is 0.275 e. The van der Waals surface area contributed by atoms with Gasteiger partial charge in [0.15, 0.2) is 11.6 Å². The first-order chi connectivity index (χ1) is 9.49. The van der Waals surface area contributed by atoms with Crippen molar-refractivity contribution in [3.05, 3.63) is 33.9 Å². The van der Waals surface area contributed by atoms with Crippen LogP contribution in [0.1, 0.15) is 19.8 Å². The third-order valence-electron chi connectivity index (χ3n) is 3.58. The summed E-state index contributed by atoms with van der Waals surface area (Å²) in [5.74, 6) is -1.64. The lowest BCUT2D eigenvalue weighted by molar-refractivity contribution is -0.385. The van der Waals surface area contributed by atoms with Gasteiger partial charge in [-0.2, -0.15) is 0 Å². The van der Waals surface area contributed by atoms with Gasteiger partial charge in [0.1, 0.15) is 5.69 Å². The Balaban J connectivity index is 2.14. The first-order valence-electron chi connectivity index (χ1n) is 6.46. The highest BCUT2D eigenvalue weighted by atomic mass is 19.1. The second-order valence-electron chi connectivity index (χ2n) is 4.92. The summed E-state index contributed by atoms with van der Waals surface area (Å²) in [7, 11) is 0. The second-order valence-corrected chi connectivity index (χ2v) is 4.92. The standard InChI is InChI=1S/C13H16F2N2O3/c1-8(9-2-4-20-5-3-9)16-13-11(14)6-10(17(18)19)7-12(13)15/h6-9,16H,2-5H2,1H3. The number of hydrogen-bond donors (Lipinski definition) is 1. The molecule has 1 aliphatic heterocycles. The molecular formula is C13H16F2N2O3. The molecule has 1 unspecified atom stereocenters. The molecule has 20 heavy (non-hydrogen) atoms. The van der Waals surface area contributed by atoms with Crippen molar-refractivity contribution in [2.24, 2.45) is 5.92 Å². The molecular weight excluding hydrogens is 270 g/mol. The predicted octanol–water partition coefficient (Wildman–Crippen LogP) is 3.10. The van der Waals surface area contributed by atoms with Crippen molar-refractivity contribution in [3.63, 3.8) is 0 Å². The highest BCUT2D eigenvalue weighted by Gasteiger charge is 2.24. The van der Waals surface area contributed by atoms with Crippen LogP contribution in [0, 0.1) is 27.7 Å². The summed E-state index contributed by atoms with van der Waals surface area (Å²) in [6.07, 6.45) is 1.65. The Morgan fingerprint density at radius 1 is 1.35 bits per heavy atom. The Morgan fingerprint density at radius 2 is 1.90 bits per heavy atom. The first kappa shape index (κ1) is 14.6. The molecule has 1 aromatic rings. The Kier molecular flexibility index (Phi) is 4.49. The van der Waals surface area contributed by atoms with Crippen molar-refractivity contribution in [1.29, 1.82) is 0 Å². The Bertz CT molecular complexity index is 481. The predicted molar refractivity (Wildman–Crippen MR) is 69.6 cm³/mol. The Hall–Kier alpha value is -1.76. The molecule has 0 aromatic heterocycles. The maximum absolute atomic E-state index is 13.8. The van der Waals surface area contributed by atoms with Crippen molar-refractivity contribution in [2.75, 3.05) is 18.5 Å². The quantitative estimate of drug-likeness (QED) is 0.682. The van der Waals surface area contributed by atoms with Crippen LogP contribution in [0.2, 0.25) is 0 Å². The molecule has 0 radical (unpaired) electrons. The molecule has 0 amide bonds. The van der Waals surface area contributed by atoms with Gasteiger partial charge in [-0.1, -0.05) is 0 Å². The Morgan fingerprint density at radius 3 is 2.40 bits per heavy atom. The first-order valence-corrected chi connectivity index (χ1v) is 6.46. The van der Waals surface area contributed by atoms with E-state index < -0.39 is 22.2 Å². The van der Waals surface area contributed by atoms with E-state index in [4.69, 9.17) is 4.74 Å². The highest BCUT2D eigenvalue weighted by molar-refractivity contribution is 5.52. The van der Waals surface area contributed by atoms with E-state index in [2.05, 4.69) is 5.32 Å². The van der Waals surface area contributed by atoms with Gasteiger partial charge in [0.05, 0.1) is 17.1 Å². The number of nitro groups is 1. The minimum Gasteiger partial charge on any atom is -0.381 e. The van der Waals surface area contributed by atoms with Crippen LogP contribution in [0.25, 0.3) is 0 Å². The van der Waals surface area contributed by atoms with Crippen molar-refractivity contribution in [3.8, 4) is 0 Å². The third-order valence-corrected chi connectivity index (χ3v) is 3.58. The minimum atomic E-state index is -0.949. The molecule has 1 atom stereocenters. The fraction of sp³-hybridized carbons (Fsp3) is 0.538. The lowest BCUT2D eigenvalue weighted by atomic mass is 9.93. The van der Waals surface area contributed by atoms with Gasteiger partial charge < -0.3 is 10.1 Å². The fourth-order valence-electron chi connectivity index (χ4n) is 2.36. The third kappa shape index (κ3) is 3.22. The van der Waals surface area contributed by atoms with Crippen molar-refractivity contribution < 1.29 is 18.4 Å². The van der Waals surface area contributed by atoms with Gasteiger partial charge in [0.2, 0.25) is 0 Å². The second kappa shape index (κ2) is 6.13. The lowest BCUT2D eigenvalue weighted by Gasteiger charge is -2.29. The molecule has 0 saturated carbocycles. The molecule has 1 saturated heterocycles. The molecule has 1 N–H and O–H groups in total. The number of hydrogen-bond acceptors (Lipinski definition) is 4. The summed E-state index contributed by atoms with van der Waals surface area (Å²) < 4.78 is 32.8. The zero-order chi connectivity index (χ0) is 14.7. The summed E-state index contributed by atoms with van der Waals surface area (Å²) in [6, 6.07) is 1.31. The van der Waals surface area contributed by atoms with Crippen LogP contribution in [0.15, 0.2) is 12.1 Å². The van der Waals surface area contributed by atoms with E-state index in [1.807, 2.05) is 6.92 Å². The maximum Gasteiger partial charge on any atom is 0.275 e. The number of nitro benzene ring substituents is 1. The van der Waals surface area contributed by atoms with E-state index >= 15 is 0 Å². The van der Waals surface area contributed by atoms with Crippen LogP contribution in [-0.4, -0.2) is 24.2 Å². The number of ether oxygens (including phenoxy) is 1. The van der Waals surface area contributed by atoms with Gasteiger partial charge in [-0.3, -0.25) is 10.1 Å². The van der Waals surface area contributed by atoms with Crippen LogP contribution < -0.4 is 5.32 Å². The van der Waals surface area contributed by atoms with Gasteiger partial charge in [0.25, 0.3) is 5.69 Å². The van der Waals surface area contributed by atoms with Crippen LogP contribution in [0.4, 0.5) is 20.2 Å². The number of nitrogens with zero attached hydrogens (tertiary/aromatic N) is 1. The van der Waals surface area contributed by atoms with Gasteiger partial charge in [-0.15, -0.1) is 0 Å². The van der Waals surface area contributed by atoms with Crippen LogP contribution in [0.3, 0.4) is 0 Å². The van der Waals surface area contributed by atoms with E-state index in [0.717, 1.165) is 25.0 Å². The number of benzene rings is 1. The molecule has 0 aliphatic carbocycles. The van der Waals surface area contributed by atoms with Gasteiger partial charge in [-0.05, 0) is 25.7 Å². The molecule has 1 heterocycles. The zero-order valence-corrected chi connectivity index (χ0v) is 11.1. The average Bonchev–Trinajstić information content (AvgIpc) is 2.43. The molecule has 1 aliphatic rings. The van der Waals surface area contributed by atoms with Crippen LogP contribution in [0.5, 0.6) is 0 Å². The fourth-order valence-corrected chi connectivity index (χ4v) is 2.36. The number of rotatable bonds is 4. The molecule has 0 spiro atoms. The maximum atomic E-state index is 13.8. The van der Waals surface area contributed by atoms with E-state index in [0.29, 0.717) is 13.2 Å². The number of nitrogens with one attached hydrogen (secondary N) is 1. The summed E-state index contributed by atoms with van der Waals surface area (Å²) in [5.41, 5.74) is -0.904. The molecule has 0 bridgehead atoms. The number of non-ortho nitro benzene ring substituents is 1. The monoisotopic (exact) mass is 286 g/mol. The molecule has 1 aromatic carbocycles. The van der Waals surface area contributed by atoms with E-state index in [9.17, 15) is 18.9 Å². The van der Waals surface area contributed by atoms with E-state index in [1.54, 1.807) is 0 Å². The molecule has 1 fully saturated rings. The molecule has 2 rings (SSSR count). The Labute approximate surface area is 115 Å². The van der Waals surface area contributed by atoms with Crippen LogP contribution >= 0.6 is 0 Å². The molecule has 5 nitrogen and oxygen atoms in total. The van der Waals surface area contributed by atoms with Crippen molar-refractivity contribution in [2.45, 2.75) is 25.8 Å². The summed E-state index contributed by atoms with van der Waals surface area (Å²) in [4.78, 5) is 9.70. The topological polar surface area (TPSA) is 64.4 Å². The average molecular weight is 286 g/mol. The van der Waals surface area contributed by atoms with Crippen LogP contribution in [-0.2, 0) is 4.74 Å². The van der Waals surface area contributed by atoms with E-state index in [-0.39, 0.29) is 17.6 Å². The summed E-state index contributed by atoms with van der Waals surface area (Å²) >= 11 is 0. The lowest BCUT2D eigenvalue weighted by Crippen LogP contribution is -2.31. The van der Waals surface area contributed by atoms with Crippen molar-refractivity contribution in [1.82, 2.24) is 0 Å². The molecule has 110 valence electrons. The zero-order valence-electron chi connectivity index (χ0n) is 11.1. The van der Waals surface area contributed by atoms with E-state index in [1.165, 1.54) is 0 Å². The normalized spacial score (nSPS) is 17.8. The largest absolute Gasteiger partial charge is 0.381 e. The van der Waals surface area contributed by atoms with Crippen molar-refractivity contribution >= 4 is 11.4 Å². The van der Waals surface area contributed by atoms with Gasteiger partial charge in [0, 0.05) is 19.3 Å². The highest BCUT2D eigenvalue weighted by Crippen LogP contribution is 2.28. The number of anilines is 1. The molecule has 7 heteroatoms. The number of halogens is 2. The SMILES string of the molecule is CC(Nc1c(F)cc([N+](=O)[O-])cc1F)C1CCOCC1.